The molecule has 0 unspecified atom stereocenters. The number of hydrogen-bond acceptors (Lipinski definition) is 3. The van der Waals surface area contributed by atoms with E-state index in [-0.39, 0.29) is 17.1 Å². The normalized spacial score (nSPS) is 13.8. The number of carbonyl (C=O) groups is 1. The van der Waals surface area contributed by atoms with E-state index in [0.717, 1.165) is 4.47 Å². The van der Waals surface area contributed by atoms with Gasteiger partial charge in [-0.15, -0.1) is 0 Å². The van der Waals surface area contributed by atoms with Crippen LogP contribution < -0.4 is 0 Å². The maximum Gasteiger partial charge on any atom is 0.199 e. The first-order valence-electron chi connectivity index (χ1n) is 5.69. The number of fused-ring (bicyclic) bond motifs is 1. The van der Waals surface area contributed by atoms with Gasteiger partial charge >= 0.3 is 0 Å². The summed E-state index contributed by atoms with van der Waals surface area (Å²) < 4.78 is 2.67. The van der Waals surface area contributed by atoms with Crippen LogP contribution in [0.4, 0.5) is 0 Å². The quantitative estimate of drug-likeness (QED) is 0.371. The molecule has 0 bridgehead atoms. The van der Waals surface area contributed by atoms with Crippen molar-refractivity contribution in [1.82, 2.24) is 4.98 Å². The zero-order chi connectivity index (χ0) is 15.3. The summed E-state index contributed by atoms with van der Waals surface area (Å²) in [4.78, 5) is 16.6. The Bertz CT molecular complexity index is 816. The second kappa shape index (κ2) is 5.61. The zero-order valence-electron chi connectivity index (χ0n) is 10.1. The summed E-state index contributed by atoms with van der Waals surface area (Å²) in [5.74, 6) is -0.267. The van der Waals surface area contributed by atoms with Gasteiger partial charge in [-0.1, -0.05) is 0 Å². The van der Waals surface area contributed by atoms with E-state index in [1.54, 1.807) is 24.5 Å². The van der Waals surface area contributed by atoms with Crippen LogP contribution in [0.15, 0.2) is 42.4 Å². The highest BCUT2D eigenvalue weighted by Crippen LogP contribution is 2.49. The minimum atomic E-state index is -0.227. The van der Waals surface area contributed by atoms with Crippen LogP contribution in [-0.4, -0.2) is 15.9 Å². The van der Waals surface area contributed by atoms with Crippen LogP contribution in [0.25, 0.3) is 11.3 Å². The Morgan fingerprint density at radius 2 is 1.38 bits per heavy atom. The molecule has 1 aromatic heterocycles. The van der Waals surface area contributed by atoms with Gasteiger partial charge in [-0.25, -0.2) is 0 Å². The Morgan fingerprint density at radius 1 is 0.857 bits per heavy atom. The number of Topliss-reactive ketones (excluding diaryl/α,β-unsaturated/α-hetero) is 1. The third kappa shape index (κ3) is 2.25. The standard InChI is InChI=1S/C14H5Br4NO2/c15-9-7-8(10(16)12(18)11(9)17)14(21)6(13(7)20)5-1-3-19-4-2-5/h1-4,20H. The lowest BCUT2D eigenvalue weighted by atomic mass is 10.0. The van der Waals surface area contributed by atoms with Crippen molar-refractivity contribution in [3.63, 3.8) is 0 Å². The summed E-state index contributed by atoms with van der Waals surface area (Å²) in [7, 11) is 0. The molecule has 0 spiro atoms. The van der Waals surface area contributed by atoms with Gasteiger partial charge in [0.1, 0.15) is 5.76 Å². The first kappa shape index (κ1) is 15.4. The second-order valence-corrected chi connectivity index (χ2v) is 7.47. The monoisotopic (exact) mass is 535 g/mol. The molecule has 0 saturated carbocycles. The lowest BCUT2D eigenvalue weighted by molar-refractivity contribution is 0.105. The van der Waals surface area contributed by atoms with Crippen molar-refractivity contribution in [1.29, 1.82) is 0 Å². The lowest BCUT2D eigenvalue weighted by Crippen LogP contribution is -2.01. The SMILES string of the molecule is O=C1C(c2ccncc2)=C(O)c2c(Br)c(Br)c(Br)c(Br)c21. The number of allylic oxidation sites excluding steroid dienone is 1. The average molecular weight is 539 g/mol. The molecule has 3 rings (SSSR count). The number of halogens is 4. The Balaban J connectivity index is 2.35. The highest BCUT2D eigenvalue weighted by molar-refractivity contribution is 9.15. The maximum absolute atomic E-state index is 12.7. The molecule has 0 saturated heterocycles. The smallest absolute Gasteiger partial charge is 0.199 e. The van der Waals surface area contributed by atoms with Crippen LogP contribution in [0.1, 0.15) is 21.5 Å². The molecule has 1 aliphatic rings. The number of ketones is 1. The Hall–Kier alpha value is -0.500. The molecular formula is C14H5Br4NO2. The fourth-order valence-electron chi connectivity index (χ4n) is 2.21. The Labute approximate surface area is 154 Å². The van der Waals surface area contributed by atoms with Gasteiger partial charge in [0.2, 0.25) is 0 Å². The summed E-state index contributed by atoms with van der Waals surface area (Å²) >= 11 is 13.7. The van der Waals surface area contributed by atoms with E-state index in [0.29, 0.717) is 30.1 Å². The molecule has 0 atom stereocenters. The molecule has 1 heterocycles. The fourth-order valence-corrected chi connectivity index (χ4v) is 4.70. The molecule has 0 aliphatic heterocycles. The molecule has 3 nitrogen and oxygen atoms in total. The van der Waals surface area contributed by atoms with E-state index in [2.05, 4.69) is 68.7 Å². The highest BCUT2D eigenvalue weighted by Gasteiger charge is 2.36. The van der Waals surface area contributed by atoms with Gasteiger partial charge < -0.3 is 5.11 Å². The summed E-state index contributed by atoms with van der Waals surface area (Å²) in [5, 5.41) is 10.5. The predicted molar refractivity (Wildman–Crippen MR) is 95.3 cm³/mol. The maximum atomic E-state index is 12.7. The van der Waals surface area contributed by atoms with Gasteiger partial charge in [-0.05, 0) is 81.4 Å². The molecule has 106 valence electrons. The van der Waals surface area contributed by atoms with Gasteiger partial charge in [0.15, 0.2) is 5.78 Å². The summed E-state index contributed by atoms with van der Waals surface area (Å²) in [5.41, 5.74) is 1.82. The number of hydrogen-bond donors (Lipinski definition) is 1. The van der Waals surface area contributed by atoms with Crippen molar-refractivity contribution < 1.29 is 9.90 Å². The van der Waals surface area contributed by atoms with Crippen LogP contribution >= 0.6 is 63.7 Å². The van der Waals surface area contributed by atoms with Crippen LogP contribution in [0, 0.1) is 0 Å². The minimum Gasteiger partial charge on any atom is -0.506 e. The van der Waals surface area contributed by atoms with Gasteiger partial charge in [0.05, 0.1) is 11.1 Å². The largest absolute Gasteiger partial charge is 0.506 e. The third-order valence-electron chi connectivity index (χ3n) is 3.16. The molecular weight excluding hydrogens is 534 g/mol. The van der Waals surface area contributed by atoms with E-state index in [9.17, 15) is 9.90 Å². The third-order valence-corrected chi connectivity index (χ3v) is 7.93. The molecule has 0 fully saturated rings. The van der Waals surface area contributed by atoms with Crippen molar-refractivity contribution in [2.75, 3.05) is 0 Å². The summed E-state index contributed by atoms with van der Waals surface area (Å²) in [6.07, 6.45) is 3.17. The van der Waals surface area contributed by atoms with E-state index in [4.69, 9.17) is 0 Å². The molecule has 1 N–H and O–H groups in total. The van der Waals surface area contributed by atoms with Crippen LogP contribution in [0.3, 0.4) is 0 Å². The minimum absolute atomic E-state index is 0.0398. The molecule has 21 heavy (non-hydrogen) atoms. The predicted octanol–water partition coefficient (Wildman–Crippen LogP) is 5.75. The number of carbonyl (C=O) groups excluding carboxylic acids is 1. The number of rotatable bonds is 1. The van der Waals surface area contributed by atoms with Crippen LogP contribution in [0.5, 0.6) is 0 Å². The van der Waals surface area contributed by atoms with Gasteiger partial charge in [-0.3, -0.25) is 9.78 Å². The van der Waals surface area contributed by atoms with E-state index < -0.39 is 0 Å². The summed E-state index contributed by atoms with van der Waals surface area (Å²) in [6, 6.07) is 3.39. The first-order chi connectivity index (χ1) is 9.95. The number of aliphatic hydroxyl groups is 1. The molecule has 1 aromatic carbocycles. The lowest BCUT2D eigenvalue weighted by Gasteiger charge is -2.10. The van der Waals surface area contributed by atoms with Gasteiger partial charge in [0.25, 0.3) is 0 Å². The van der Waals surface area contributed by atoms with Crippen molar-refractivity contribution in [2.24, 2.45) is 0 Å². The molecule has 7 heteroatoms. The molecule has 2 aromatic rings. The highest BCUT2D eigenvalue weighted by atomic mass is 79.9. The van der Waals surface area contributed by atoms with Crippen molar-refractivity contribution in [3.05, 3.63) is 59.1 Å². The van der Waals surface area contributed by atoms with Crippen molar-refractivity contribution in [3.8, 4) is 0 Å². The average Bonchev–Trinajstić information content (AvgIpc) is 2.75. The van der Waals surface area contributed by atoms with Crippen LogP contribution in [-0.2, 0) is 0 Å². The topological polar surface area (TPSA) is 50.2 Å². The second-order valence-electron chi connectivity index (χ2n) is 4.29. The molecule has 0 amide bonds. The number of nitrogens with zero attached hydrogens (tertiary/aromatic N) is 1. The Morgan fingerprint density at radius 3 is 1.95 bits per heavy atom. The van der Waals surface area contributed by atoms with Crippen LogP contribution in [0.2, 0.25) is 0 Å². The summed E-state index contributed by atoms with van der Waals surface area (Å²) in [6.45, 7) is 0. The number of aliphatic hydroxyl groups excluding tert-OH is 1. The van der Waals surface area contributed by atoms with Crippen molar-refractivity contribution in [2.45, 2.75) is 0 Å². The Kier molecular flexibility index (Phi) is 4.11. The molecule has 1 aliphatic carbocycles. The first-order valence-corrected chi connectivity index (χ1v) is 8.87. The zero-order valence-corrected chi connectivity index (χ0v) is 16.5. The van der Waals surface area contributed by atoms with E-state index in [1.165, 1.54) is 0 Å². The van der Waals surface area contributed by atoms with Crippen molar-refractivity contribution >= 4 is 80.8 Å². The number of aromatic nitrogens is 1. The molecule has 0 radical (unpaired) electrons. The van der Waals surface area contributed by atoms with Gasteiger partial charge in [-0.2, -0.15) is 0 Å². The fraction of sp³-hybridized carbons (Fsp3) is 0. The van der Waals surface area contributed by atoms with Gasteiger partial charge in [0, 0.05) is 35.8 Å². The van der Waals surface area contributed by atoms with E-state index >= 15 is 0 Å². The number of benzene rings is 1. The van der Waals surface area contributed by atoms with E-state index in [1.807, 2.05) is 0 Å². The number of pyridine rings is 1.